The van der Waals surface area contributed by atoms with E-state index in [2.05, 4.69) is 6.92 Å². The summed E-state index contributed by atoms with van der Waals surface area (Å²) in [6, 6.07) is 0. The number of aliphatic hydroxyl groups excluding tert-OH is 1. The molecule has 3 nitrogen and oxygen atoms in total. The maximum atomic E-state index is 10.3. The Morgan fingerprint density at radius 2 is 1.09 bits per heavy atom. The molecule has 0 radical (unpaired) electrons. The van der Waals surface area contributed by atoms with Crippen molar-refractivity contribution in [2.45, 2.75) is 110 Å². The number of carboxylic acid groups (broad SMARTS) is 1. The average molecular weight is 327 g/mol. The highest BCUT2D eigenvalue weighted by atomic mass is 16.4. The van der Waals surface area contributed by atoms with Gasteiger partial charge in [-0.2, -0.15) is 0 Å². The van der Waals surface area contributed by atoms with Gasteiger partial charge in [0.2, 0.25) is 0 Å². The van der Waals surface area contributed by atoms with Crippen molar-refractivity contribution in [1.82, 2.24) is 0 Å². The Bertz CT molecular complexity index is 297. The molecule has 0 atom stereocenters. The van der Waals surface area contributed by atoms with Crippen molar-refractivity contribution in [2.24, 2.45) is 0 Å². The number of rotatable bonds is 17. The fraction of sp³-hybridized carbons (Fsp3) is 0.850. The van der Waals surface area contributed by atoms with E-state index in [1.165, 1.54) is 83.1 Å². The summed E-state index contributed by atoms with van der Waals surface area (Å²) in [6.45, 7) is 2.26. The summed E-state index contributed by atoms with van der Waals surface area (Å²) >= 11 is 0. The molecular weight excluding hydrogens is 288 g/mol. The standard InChI is InChI=1S/C20H38O3/c1-2-3-4-5-6-7-8-9-10-11-12-13-14-15-16-19(21)17-18-20(22)23/h17,21H,2-16,18H2,1H3,(H,22,23). The quantitative estimate of drug-likeness (QED) is 0.229. The van der Waals surface area contributed by atoms with Crippen LogP contribution in [0.1, 0.15) is 110 Å². The number of hydrogen-bond donors (Lipinski definition) is 2. The van der Waals surface area contributed by atoms with Gasteiger partial charge in [-0.25, -0.2) is 0 Å². The third-order valence-electron chi connectivity index (χ3n) is 4.30. The number of carboxylic acids is 1. The number of hydrogen-bond acceptors (Lipinski definition) is 2. The Labute approximate surface area is 143 Å². The number of allylic oxidation sites excluding steroid dienone is 1. The highest BCUT2D eigenvalue weighted by molar-refractivity contribution is 5.68. The van der Waals surface area contributed by atoms with Crippen LogP contribution < -0.4 is 0 Å². The summed E-state index contributed by atoms with van der Waals surface area (Å²) in [7, 11) is 0. The first kappa shape index (κ1) is 22.0. The highest BCUT2D eigenvalue weighted by Gasteiger charge is 1.98. The predicted molar refractivity (Wildman–Crippen MR) is 97.9 cm³/mol. The van der Waals surface area contributed by atoms with E-state index < -0.39 is 5.97 Å². The molecule has 0 aromatic heterocycles. The molecule has 2 N–H and O–H groups in total. The van der Waals surface area contributed by atoms with Crippen LogP contribution in [0.5, 0.6) is 0 Å². The largest absolute Gasteiger partial charge is 0.513 e. The molecule has 0 spiro atoms. The molecule has 0 heterocycles. The summed E-state index contributed by atoms with van der Waals surface area (Å²) < 4.78 is 0. The second-order valence-corrected chi connectivity index (χ2v) is 6.64. The minimum Gasteiger partial charge on any atom is -0.513 e. The van der Waals surface area contributed by atoms with Gasteiger partial charge in [-0.15, -0.1) is 0 Å². The number of carbonyl (C=O) groups is 1. The van der Waals surface area contributed by atoms with Crippen LogP contribution in [0.25, 0.3) is 0 Å². The zero-order chi connectivity index (χ0) is 17.2. The molecular formula is C20H38O3. The first-order chi connectivity index (χ1) is 11.2. The number of aliphatic carboxylic acids is 1. The second kappa shape index (κ2) is 17.4. The van der Waals surface area contributed by atoms with Gasteiger partial charge in [0.1, 0.15) is 0 Å². The van der Waals surface area contributed by atoms with Crippen molar-refractivity contribution in [2.75, 3.05) is 0 Å². The van der Waals surface area contributed by atoms with Gasteiger partial charge in [-0.1, -0.05) is 90.4 Å². The smallest absolute Gasteiger partial charge is 0.307 e. The summed E-state index contributed by atoms with van der Waals surface area (Å²) in [5.74, 6) is -0.663. The molecule has 0 aromatic rings. The lowest BCUT2D eigenvalue weighted by Gasteiger charge is -2.03. The zero-order valence-corrected chi connectivity index (χ0v) is 15.2. The number of unbranched alkanes of at least 4 members (excludes halogenated alkanes) is 13. The van der Waals surface area contributed by atoms with E-state index in [4.69, 9.17) is 5.11 Å². The third kappa shape index (κ3) is 19.0. The maximum Gasteiger partial charge on any atom is 0.307 e. The molecule has 0 unspecified atom stereocenters. The molecule has 0 rings (SSSR count). The Morgan fingerprint density at radius 1 is 0.696 bits per heavy atom. The Kier molecular flexibility index (Phi) is 16.6. The highest BCUT2D eigenvalue weighted by Crippen LogP contribution is 2.14. The van der Waals surface area contributed by atoms with Gasteiger partial charge in [0, 0.05) is 6.42 Å². The molecule has 0 aromatic carbocycles. The van der Waals surface area contributed by atoms with Crippen LogP contribution in [0.4, 0.5) is 0 Å². The van der Waals surface area contributed by atoms with Crippen molar-refractivity contribution in [3.05, 3.63) is 11.8 Å². The first-order valence-electron chi connectivity index (χ1n) is 9.76. The molecule has 0 saturated heterocycles. The van der Waals surface area contributed by atoms with E-state index in [1.807, 2.05) is 0 Å². The van der Waals surface area contributed by atoms with E-state index >= 15 is 0 Å². The van der Waals surface area contributed by atoms with Crippen molar-refractivity contribution in [3.63, 3.8) is 0 Å². The van der Waals surface area contributed by atoms with E-state index in [-0.39, 0.29) is 12.2 Å². The van der Waals surface area contributed by atoms with Crippen LogP contribution in [0, 0.1) is 0 Å². The molecule has 0 amide bonds. The first-order valence-corrected chi connectivity index (χ1v) is 9.76. The van der Waals surface area contributed by atoms with Gasteiger partial charge < -0.3 is 10.2 Å². The molecule has 0 aliphatic heterocycles. The summed E-state index contributed by atoms with van der Waals surface area (Å²) in [5, 5.41) is 18.0. The second-order valence-electron chi connectivity index (χ2n) is 6.64. The van der Waals surface area contributed by atoms with Crippen molar-refractivity contribution < 1.29 is 15.0 Å². The minimum atomic E-state index is -0.891. The Balaban J connectivity index is 3.16. The van der Waals surface area contributed by atoms with Gasteiger partial charge in [0.25, 0.3) is 0 Å². The molecule has 136 valence electrons. The summed E-state index contributed by atoms with van der Waals surface area (Å²) in [5.41, 5.74) is 0. The Hall–Kier alpha value is -0.990. The fourth-order valence-corrected chi connectivity index (χ4v) is 2.81. The predicted octanol–water partition coefficient (Wildman–Crippen LogP) is 6.77. The Morgan fingerprint density at radius 3 is 1.48 bits per heavy atom. The molecule has 3 heteroatoms. The monoisotopic (exact) mass is 326 g/mol. The molecule has 23 heavy (non-hydrogen) atoms. The summed E-state index contributed by atoms with van der Waals surface area (Å²) in [6.07, 6.45) is 20.4. The van der Waals surface area contributed by atoms with Crippen LogP contribution in [0.2, 0.25) is 0 Å². The van der Waals surface area contributed by atoms with E-state index in [0.29, 0.717) is 6.42 Å². The molecule has 0 aliphatic carbocycles. The van der Waals surface area contributed by atoms with Crippen LogP contribution in [0.15, 0.2) is 11.8 Å². The lowest BCUT2D eigenvalue weighted by Crippen LogP contribution is -1.92. The fourth-order valence-electron chi connectivity index (χ4n) is 2.81. The van der Waals surface area contributed by atoms with Crippen molar-refractivity contribution in [3.8, 4) is 0 Å². The number of aliphatic hydroxyl groups is 1. The average Bonchev–Trinajstić information content (AvgIpc) is 2.53. The molecule has 0 fully saturated rings. The van der Waals surface area contributed by atoms with Crippen molar-refractivity contribution >= 4 is 5.97 Å². The van der Waals surface area contributed by atoms with Crippen LogP contribution >= 0.6 is 0 Å². The van der Waals surface area contributed by atoms with E-state index in [9.17, 15) is 9.90 Å². The van der Waals surface area contributed by atoms with E-state index in [1.54, 1.807) is 0 Å². The van der Waals surface area contributed by atoms with Crippen molar-refractivity contribution in [1.29, 1.82) is 0 Å². The normalized spacial score (nSPS) is 11.8. The minimum absolute atomic E-state index is 0.0789. The lowest BCUT2D eigenvalue weighted by atomic mass is 10.0. The molecule has 0 bridgehead atoms. The van der Waals surface area contributed by atoms with Gasteiger partial charge in [-0.3, -0.25) is 4.79 Å². The zero-order valence-electron chi connectivity index (χ0n) is 15.2. The van der Waals surface area contributed by atoms with Gasteiger partial charge >= 0.3 is 5.97 Å². The van der Waals surface area contributed by atoms with Crippen LogP contribution in [0.3, 0.4) is 0 Å². The summed E-state index contributed by atoms with van der Waals surface area (Å²) in [4.78, 5) is 10.3. The van der Waals surface area contributed by atoms with Crippen LogP contribution in [-0.2, 0) is 4.79 Å². The molecule has 0 saturated carbocycles. The van der Waals surface area contributed by atoms with Gasteiger partial charge in [0.05, 0.1) is 12.2 Å². The third-order valence-corrected chi connectivity index (χ3v) is 4.30. The lowest BCUT2D eigenvalue weighted by molar-refractivity contribution is -0.136. The SMILES string of the molecule is CCCCCCCCCCCCCCCCC(O)=CCC(=O)O. The van der Waals surface area contributed by atoms with Gasteiger partial charge in [0.15, 0.2) is 0 Å². The molecule has 0 aliphatic rings. The van der Waals surface area contributed by atoms with Crippen LogP contribution in [-0.4, -0.2) is 16.2 Å². The topological polar surface area (TPSA) is 57.5 Å². The maximum absolute atomic E-state index is 10.3. The van der Waals surface area contributed by atoms with Gasteiger partial charge in [-0.05, 0) is 12.5 Å². The van der Waals surface area contributed by atoms with E-state index in [0.717, 1.165) is 12.8 Å².